The summed E-state index contributed by atoms with van der Waals surface area (Å²) in [6.45, 7) is 0. The Hall–Kier alpha value is -2.72. The smallest absolute Gasteiger partial charge is 0.339 e. The van der Waals surface area contributed by atoms with Crippen molar-refractivity contribution in [1.82, 2.24) is 0 Å². The van der Waals surface area contributed by atoms with E-state index in [0.717, 1.165) is 14.2 Å². The topological polar surface area (TPSA) is 112 Å². The molecule has 1 aromatic carbocycles. The second-order valence-corrected chi connectivity index (χ2v) is 5.10. The Morgan fingerprint density at radius 1 is 1.39 bits per heavy atom. The molecule has 0 fully saturated rings. The van der Waals surface area contributed by atoms with E-state index in [1.54, 1.807) is 6.07 Å². The Labute approximate surface area is 137 Å². The van der Waals surface area contributed by atoms with Crippen molar-refractivity contribution in [1.29, 1.82) is 5.26 Å². The molecule has 23 heavy (non-hydrogen) atoms. The number of rotatable bonds is 3. The van der Waals surface area contributed by atoms with Crippen molar-refractivity contribution in [3.8, 4) is 11.8 Å². The lowest BCUT2D eigenvalue weighted by Gasteiger charge is -2.29. The fourth-order valence-electron chi connectivity index (χ4n) is 2.41. The maximum atomic E-state index is 12.1. The number of ether oxygens (including phenoxy) is 3. The van der Waals surface area contributed by atoms with Gasteiger partial charge in [0.25, 0.3) is 0 Å². The highest BCUT2D eigenvalue weighted by Crippen LogP contribution is 2.44. The fraction of sp³-hybridized carbons (Fsp3) is 0.267. The first-order valence-electron chi connectivity index (χ1n) is 6.47. The summed E-state index contributed by atoms with van der Waals surface area (Å²) in [6, 6.07) is 6.45. The summed E-state index contributed by atoms with van der Waals surface area (Å²) in [5.74, 6) is -3.87. The molecule has 1 aliphatic heterocycles. The van der Waals surface area contributed by atoms with Crippen LogP contribution in [0.3, 0.4) is 0 Å². The highest BCUT2D eigenvalue weighted by molar-refractivity contribution is 6.30. The average Bonchev–Trinajstić information content (AvgIpc) is 2.55. The summed E-state index contributed by atoms with van der Waals surface area (Å²) in [6.07, 6.45) is 0. The van der Waals surface area contributed by atoms with Gasteiger partial charge in [0.1, 0.15) is 11.3 Å². The van der Waals surface area contributed by atoms with Crippen LogP contribution in [0.4, 0.5) is 0 Å². The van der Waals surface area contributed by atoms with Crippen molar-refractivity contribution in [2.45, 2.75) is 5.92 Å². The predicted molar refractivity (Wildman–Crippen MR) is 79.2 cm³/mol. The summed E-state index contributed by atoms with van der Waals surface area (Å²) in [4.78, 5) is 24.0. The van der Waals surface area contributed by atoms with Gasteiger partial charge in [-0.2, -0.15) is 5.26 Å². The maximum absolute atomic E-state index is 12.1. The molecule has 7 nitrogen and oxygen atoms in total. The lowest BCUT2D eigenvalue weighted by molar-refractivity contribution is -0.144. The van der Waals surface area contributed by atoms with E-state index in [2.05, 4.69) is 4.74 Å². The Balaban J connectivity index is 2.69. The van der Waals surface area contributed by atoms with Crippen LogP contribution in [0.2, 0.25) is 5.02 Å². The van der Waals surface area contributed by atoms with Gasteiger partial charge in [-0.1, -0.05) is 11.6 Å². The van der Waals surface area contributed by atoms with E-state index < -0.39 is 23.8 Å². The largest absolute Gasteiger partial charge is 0.468 e. The predicted octanol–water partition coefficient (Wildman–Crippen LogP) is 1.47. The van der Waals surface area contributed by atoms with E-state index in [0.29, 0.717) is 16.3 Å². The number of fused-ring (bicyclic) bond motifs is 1. The Morgan fingerprint density at radius 3 is 2.65 bits per heavy atom. The third kappa shape index (κ3) is 2.94. The number of nitrogens with zero attached hydrogens (tertiary/aromatic N) is 1. The first-order chi connectivity index (χ1) is 10.9. The molecule has 0 aliphatic carbocycles. The van der Waals surface area contributed by atoms with E-state index in [1.165, 1.54) is 12.1 Å². The molecule has 0 radical (unpaired) electrons. The van der Waals surface area contributed by atoms with Crippen molar-refractivity contribution in [2.24, 2.45) is 11.7 Å². The molecule has 0 spiro atoms. The van der Waals surface area contributed by atoms with Crippen LogP contribution < -0.4 is 10.5 Å². The fourth-order valence-corrected chi connectivity index (χ4v) is 2.59. The molecule has 0 aromatic heterocycles. The minimum atomic E-state index is -1.31. The van der Waals surface area contributed by atoms with Gasteiger partial charge in [0.05, 0.1) is 26.2 Å². The van der Waals surface area contributed by atoms with E-state index in [-0.39, 0.29) is 11.5 Å². The second-order valence-electron chi connectivity index (χ2n) is 4.66. The highest BCUT2D eigenvalue weighted by atomic mass is 35.5. The summed E-state index contributed by atoms with van der Waals surface area (Å²) in [7, 11) is 2.31. The van der Waals surface area contributed by atoms with Crippen LogP contribution in [0, 0.1) is 17.2 Å². The minimum Gasteiger partial charge on any atom is -0.468 e. The number of nitrogens with two attached hydrogens (primary N) is 1. The van der Waals surface area contributed by atoms with Crippen LogP contribution in [-0.2, 0) is 19.1 Å². The molecule has 0 bridgehead atoms. The van der Waals surface area contributed by atoms with Gasteiger partial charge in [-0.05, 0) is 18.2 Å². The standard InChI is InChI=1S/C15H13ClN2O5/c1-21-14(19)9(6-17)11-8-5-7(16)3-4-10(8)23-13(18)12(11)15(20)22-2/h3-5,9,11H,18H2,1-2H3/t9-,11+/m0/s1. The van der Waals surface area contributed by atoms with Crippen molar-refractivity contribution in [2.75, 3.05) is 14.2 Å². The van der Waals surface area contributed by atoms with Crippen LogP contribution in [0.5, 0.6) is 5.75 Å². The first kappa shape index (κ1) is 16.6. The number of benzene rings is 1. The molecular weight excluding hydrogens is 324 g/mol. The number of hydrogen-bond acceptors (Lipinski definition) is 7. The Bertz CT molecular complexity index is 738. The van der Waals surface area contributed by atoms with Gasteiger partial charge in [-0.3, -0.25) is 4.79 Å². The van der Waals surface area contributed by atoms with E-state index >= 15 is 0 Å². The molecule has 0 saturated carbocycles. The Kier molecular flexibility index (Phi) is 4.77. The minimum absolute atomic E-state index is 0.126. The van der Waals surface area contributed by atoms with Gasteiger partial charge in [0, 0.05) is 10.6 Å². The summed E-state index contributed by atoms with van der Waals surface area (Å²) >= 11 is 5.98. The lowest BCUT2D eigenvalue weighted by atomic mass is 9.79. The molecule has 0 unspecified atom stereocenters. The van der Waals surface area contributed by atoms with Crippen molar-refractivity contribution in [3.05, 3.63) is 40.2 Å². The molecule has 120 valence electrons. The Morgan fingerprint density at radius 2 is 2.09 bits per heavy atom. The summed E-state index contributed by atoms with van der Waals surface area (Å²) in [5.41, 5.74) is 6.05. The summed E-state index contributed by atoms with van der Waals surface area (Å²) < 4.78 is 14.7. The van der Waals surface area contributed by atoms with Gasteiger partial charge >= 0.3 is 11.9 Å². The zero-order valence-corrected chi connectivity index (χ0v) is 13.1. The van der Waals surface area contributed by atoms with E-state index in [1.807, 2.05) is 6.07 Å². The number of nitriles is 1. The third-order valence-corrected chi connectivity index (χ3v) is 3.67. The van der Waals surface area contributed by atoms with Crippen LogP contribution in [0.25, 0.3) is 0 Å². The number of hydrogen-bond donors (Lipinski definition) is 1. The van der Waals surface area contributed by atoms with E-state index in [4.69, 9.17) is 26.8 Å². The van der Waals surface area contributed by atoms with Crippen molar-refractivity contribution >= 4 is 23.5 Å². The molecule has 0 amide bonds. The highest BCUT2D eigenvalue weighted by Gasteiger charge is 2.43. The molecule has 8 heteroatoms. The van der Waals surface area contributed by atoms with Gasteiger partial charge in [-0.25, -0.2) is 4.79 Å². The SMILES string of the molecule is COC(=O)C1=C(N)Oc2ccc(Cl)cc2[C@@H]1[C@H](C#N)C(=O)OC. The number of carbonyl (C=O) groups excluding carboxylic acids is 2. The lowest BCUT2D eigenvalue weighted by Crippen LogP contribution is -2.33. The van der Waals surface area contributed by atoms with Gasteiger partial charge in [0.15, 0.2) is 5.92 Å². The van der Waals surface area contributed by atoms with E-state index in [9.17, 15) is 14.9 Å². The molecule has 0 saturated heterocycles. The molecule has 1 aromatic rings. The van der Waals surface area contributed by atoms with Crippen LogP contribution in [0.15, 0.2) is 29.7 Å². The summed E-state index contributed by atoms with van der Waals surface area (Å²) in [5, 5.41) is 9.74. The van der Waals surface area contributed by atoms with Gasteiger partial charge in [-0.15, -0.1) is 0 Å². The molecule has 2 N–H and O–H groups in total. The van der Waals surface area contributed by atoms with Gasteiger partial charge in [0.2, 0.25) is 5.88 Å². The number of halogens is 1. The number of carbonyl (C=O) groups is 2. The monoisotopic (exact) mass is 336 g/mol. The van der Waals surface area contributed by atoms with Crippen LogP contribution >= 0.6 is 11.6 Å². The zero-order chi connectivity index (χ0) is 17.1. The first-order valence-corrected chi connectivity index (χ1v) is 6.85. The third-order valence-electron chi connectivity index (χ3n) is 3.44. The van der Waals surface area contributed by atoms with Crippen LogP contribution in [-0.4, -0.2) is 26.2 Å². The maximum Gasteiger partial charge on any atom is 0.339 e. The zero-order valence-electron chi connectivity index (χ0n) is 12.3. The molecule has 1 aliphatic rings. The molecule has 1 heterocycles. The molecular formula is C15H13ClN2O5. The normalized spacial score (nSPS) is 17.4. The van der Waals surface area contributed by atoms with Gasteiger partial charge < -0.3 is 19.9 Å². The van der Waals surface area contributed by atoms with Crippen LogP contribution in [0.1, 0.15) is 11.5 Å². The number of esters is 2. The number of methoxy groups -OCH3 is 2. The quantitative estimate of drug-likeness (QED) is 0.832. The average molecular weight is 337 g/mol. The molecule has 2 atom stereocenters. The van der Waals surface area contributed by atoms with Crippen molar-refractivity contribution < 1.29 is 23.8 Å². The second kappa shape index (κ2) is 6.58. The molecule has 2 rings (SSSR count). The van der Waals surface area contributed by atoms with Crippen molar-refractivity contribution in [3.63, 3.8) is 0 Å².